The van der Waals surface area contributed by atoms with Crippen molar-refractivity contribution in [2.75, 3.05) is 72.5 Å². The summed E-state index contributed by atoms with van der Waals surface area (Å²) < 4.78 is 0. The van der Waals surface area contributed by atoms with Crippen molar-refractivity contribution >= 4 is 29.9 Å². The maximum Gasteiger partial charge on any atom is 0.191 e. The summed E-state index contributed by atoms with van der Waals surface area (Å²) in [5.74, 6) is 0.994. The molecular formula is C24H49IN6. The summed E-state index contributed by atoms with van der Waals surface area (Å²) in [6.45, 7) is 14.3. The van der Waals surface area contributed by atoms with Gasteiger partial charge in [0.2, 0.25) is 0 Å². The van der Waals surface area contributed by atoms with E-state index in [0.717, 1.165) is 19.0 Å². The topological polar surface area (TPSA) is 46.1 Å². The number of halogens is 1. The lowest BCUT2D eigenvalue weighted by Gasteiger charge is -2.48. The third-order valence-corrected chi connectivity index (χ3v) is 7.73. The molecule has 0 bridgehead atoms. The van der Waals surface area contributed by atoms with Gasteiger partial charge in [-0.1, -0.05) is 32.6 Å². The summed E-state index contributed by atoms with van der Waals surface area (Å²) in [4.78, 5) is 12.5. The fraction of sp³-hybridized carbons (Fsp3) is 0.958. The molecule has 2 saturated heterocycles. The van der Waals surface area contributed by atoms with Crippen LogP contribution in [0, 0.1) is 0 Å². The van der Waals surface area contributed by atoms with E-state index in [1.54, 1.807) is 0 Å². The maximum atomic E-state index is 4.51. The maximum absolute atomic E-state index is 4.51. The van der Waals surface area contributed by atoms with Gasteiger partial charge in [0.1, 0.15) is 0 Å². The van der Waals surface area contributed by atoms with Gasteiger partial charge in [-0.25, -0.2) is 0 Å². The van der Waals surface area contributed by atoms with Crippen molar-refractivity contribution in [3.8, 4) is 0 Å². The minimum Gasteiger partial charge on any atom is -0.356 e. The Morgan fingerprint density at radius 2 is 1.45 bits per heavy atom. The van der Waals surface area contributed by atoms with Crippen LogP contribution in [0.1, 0.15) is 71.1 Å². The van der Waals surface area contributed by atoms with Gasteiger partial charge in [-0.15, -0.1) is 24.0 Å². The number of hydrogen-bond donors (Lipinski definition) is 2. The number of piperazine rings is 1. The predicted octanol–water partition coefficient (Wildman–Crippen LogP) is 3.38. The van der Waals surface area contributed by atoms with E-state index in [1.165, 1.54) is 117 Å². The first-order valence-electron chi connectivity index (χ1n) is 12.9. The van der Waals surface area contributed by atoms with E-state index in [2.05, 4.69) is 37.2 Å². The molecule has 182 valence electrons. The molecule has 3 fully saturated rings. The van der Waals surface area contributed by atoms with Crippen molar-refractivity contribution < 1.29 is 0 Å². The van der Waals surface area contributed by atoms with Gasteiger partial charge in [0.05, 0.1) is 0 Å². The summed E-state index contributed by atoms with van der Waals surface area (Å²) in [6, 6.07) is 0. The molecule has 2 N–H and O–H groups in total. The molecule has 0 amide bonds. The Kier molecular flexibility index (Phi) is 13.0. The Labute approximate surface area is 209 Å². The Morgan fingerprint density at radius 3 is 2.10 bits per heavy atom. The molecule has 1 saturated carbocycles. The quantitative estimate of drug-likeness (QED) is 0.200. The molecule has 0 aromatic carbocycles. The minimum absolute atomic E-state index is 0. The zero-order valence-electron chi connectivity index (χ0n) is 20.3. The Morgan fingerprint density at radius 1 is 0.806 bits per heavy atom. The predicted molar refractivity (Wildman–Crippen MR) is 144 cm³/mol. The van der Waals surface area contributed by atoms with Crippen molar-refractivity contribution in [2.45, 2.75) is 76.7 Å². The summed E-state index contributed by atoms with van der Waals surface area (Å²) in [7, 11) is 1.91. The van der Waals surface area contributed by atoms with Gasteiger partial charge < -0.3 is 20.4 Å². The zero-order chi connectivity index (χ0) is 21.1. The van der Waals surface area contributed by atoms with Crippen LogP contribution in [0.4, 0.5) is 0 Å². The second-order valence-electron chi connectivity index (χ2n) is 9.67. The lowest BCUT2D eigenvalue weighted by molar-refractivity contribution is 0.0368. The van der Waals surface area contributed by atoms with Crippen LogP contribution < -0.4 is 10.6 Å². The summed E-state index contributed by atoms with van der Waals surface area (Å²) in [5, 5.41) is 7.29. The minimum atomic E-state index is 0. The van der Waals surface area contributed by atoms with Crippen molar-refractivity contribution in [1.82, 2.24) is 25.3 Å². The van der Waals surface area contributed by atoms with Crippen LogP contribution in [0.15, 0.2) is 4.99 Å². The molecular weight excluding hydrogens is 499 g/mol. The number of guanidine groups is 1. The molecule has 0 radical (unpaired) electrons. The number of rotatable bonds is 9. The molecule has 3 aliphatic rings. The second-order valence-corrected chi connectivity index (χ2v) is 9.67. The first-order chi connectivity index (χ1) is 14.8. The molecule has 2 heterocycles. The van der Waals surface area contributed by atoms with Crippen molar-refractivity contribution in [1.29, 1.82) is 0 Å². The van der Waals surface area contributed by atoms with Gasteiger partial charge in [0.15, 0.2) is 5.96 Å². The molecule has 7 heteroatoms. The molecule has 0 unspecified atom stereocenters. The van der Waals surface area contributed by atoms with Crippen LogP contribution in [0.5, 0.6) is 0 Å². The lowest BCUT2D eigenvalue weighted by atomic mass is 9.79. The highest BCUT2D eigenvalue weighted by atomic mass is 127. The summed E-state index contributed by atoms with van der Waals surface area (Å²) >= 11 is 0. The van der Waals surface area contributed by atoms with Gasteiger partial charge in [0.25, 0.3) is 0 Å². The third kappa shape index (κ3) is 8.63. The standard InChI is InChI=1S/C24H48N6.HI/c1-3-28-18-20-29(21-19-28)15-11-8-14-26-23(25-2)27-22-24(12-6-4-7-13-24)30-16-9-5-10-17-30;/h3-22H2,1-2H3,(H2,25,26,27);1H. The van der Waals surface area contributed by atoms with E-state index < -0.39 is 0 Å². The van der Waals surface area contributed by atoms with Gasteiger partial charge in [-0.05, 0) is 64.7 Å². The van der Waals surface area contributed by atoms with Crippen molar-refractivity contribution in [3.05, 3.63) is 0 Å². The van der Waals surface area contributed by atoms with E-state index in [9.17, 15) is 0 Å². The number of likely N-dealkylation sites (N-methyl/N-ethyl adjacent to an activating group) is 1. The van der Waals surface area contributed by atoms with Crippen LogP contribution in [0.25, 0.3) is 0 Å². The monoisotopic (exact) mass is 548 g/mol. The van der Waals surface area contributed by atoms with Crippen LogP contribution >= 0.6 is 24.0 Å². The fourth-order valence-electron chi connectivity index (χ4n) is 5.65. The number of unbranched alkanes of at least 4 members (excludes halogenated alkanes) is 1. The van der Waals surface area contributed by atoms with Crippen LogP contribution in [-0.4, -0.2) is 98.7 Å². The van der Waals surface area contributed by atoms with E-state index >= 15 is 0 Å². The number of nitrogens with one attached hydrogen (secondary N) is 2. The first kappa shape index (κ1) is 27.1. The van der Waals surface area contributed by atoms with E-state index in [4.69, 9.17) is 0 Å². The van der Waals surface area contributed by atoms with Crippen LogP contribution in [-0.2, 0) is 0 Å². The van der Waals surface area contributed by atoms with Gasteiger partial charge in [-0.3, -0.25) is 9.89 Å². The largest absolute Gasteiger partial charge is 0.356 e. The fourth-order valence-corrected chi connectivity index (χ4v) is 5.65. The molecule has 0 aromatic heterocycles. The molecule has 6 nitrogen and oxygen atoms in total. The molecule has 0 aromatic rings. The number of likely N-dealkylation sites (tertiary alicyclic amines) is 1. The number of aliphatic imine (C=N–C) groups is 1. The molecule has 3 rings (SSSR count). The molecule has 0 atom stereocenters. The molecule has 31 heavy (non-hydrogen) atoms. The number of nitrogens with zero attached hydrogens (tertiary/aromatic N) is 4. The van der Waals surface area contributed by atoms with Crippen molar-refractivity contribution in [3.63, 3.8) is 0 Å². The average Bonchev–Trinajstić information content (AvgIpc) is 2.82. The third-order valence-electron chi connectivity index (χ3n) is 7.73. The van der Waals surface area contributed by atoms with Gasteiger partial charge in [-0.2, -0.15) is 0 Å². The Balaban J connectivity index is 0.00000341. The summed E-state index contributed by atoms with van der Waals surface area (Å²) in [6.07, 6.45) is 13.5. The van der Waals surface area contributed by atoms with Gasteiger partial charge >= 0.3 is 0 Å². The Bertz CT molecular complexity index is 494. The molecule has 1 aliphatic carbocycles. The molecule has 2 aliphatic heterocycles. The highest BCUT2D eigenvalue weighted by Gasteiger charge is 2.38. The van der Waals surface area contributed by atoms with E-state index in [-0.39, 0.29) is 24.0 Å². The number of hydrogen-bond acceptors (Lipinski definition) is 4. The van der Waals surface area contributed by atoms with Crippen molar-refractivity contribution in [2.24, 2.45) is 4.99 Å². The Hall–Kier alpha value is -0.120. The SMILES string of the molecule is CCN1CCN(CCCCNC(=NC)NCC2(N3CCCCC3)CCCCC2)CC1.I. The highest BCUT2D eigenvalue weighted by Crippen LogP contribution is 2.35. The lowest BCUT2D eigenvalue weighted by Crippen LogP contribution is -2.59. The molecule has 0 spiro atoms. The summed E-state index contributed by atoms with van der Waals surface area (Å²) in [5.41, 5.74) is 0.358. The highest BCUT2D eigenvalue weighted by molar-refractivity contribution is 14.0. The normalized spacial score (nSPS) is 23.9. The smallest absolute Gasteiger partial charge is 0.191 e. The first-order valence-corrected chi connectivity index (χ1v) is 12.9. The average molecular weight is 549 g/mol. The second kappa shape index (κ2) is 14.9. The van der Waals surface area contributed by atoms with E-state index in [1.807, 2.05) is 7.05 Å². The van der Waals surface area contributed by atoms with E-state index in [0.29, 0.717) is 5.54 Å². The van der Waals surface area contributed by atoms with Gasteiger partial charge in [0, 0.05) is 51.9 Å². The zero-order valence-corrected chi connectivity index (χ0v) is 22.7. The number of piperidine rings is 1. The van der Waals surface area contributed by atoms with Crippen LogP contribution in [0.2, 0.25) is 0 Å². The van der Waals surface area contributed by atoms with Crippen LogP contribution in [0.3, 0.4) is 0 Å².